The van der Waals surface area contributed by atoms with Gasteiger partial charge in [0.05, 0.1) is 19.6 Å². The van der Waals surface area contributed by atoms with Gasteiger partial charge in [-0.3, -0.25) is 0 Å². The standard InChI is InChI=1S/C16H16O5/c1-8-4-9-5-10-6-11(19-2)7-12(20-3)13(10)15(17)14(9)16(18)21-8/h5-8,17H,4H2,1-3H3. The zero-order valence-corrected chi connectivity index (χ0v) is 12.1. The van der Waals surface area contributed by atoms with E-state index in [1.165, 1.54) is 7.11 Å². The molecule has 1 heterocycles. The molecule has 0 aliphatic carbocycles. The van der Waals surface area contributed by atoms with Gasteiger partial charge in [-0.15, -0.1) is 0 Å². The molecule has 5 heteroatoms. The number of rotatable bonds is 2. The summed E-state index contributed by atoms with van der Waals surface area (Å²) in [5.41, 5.74) is 1.00. The van der Waals surface area contributed by atoms with Gasteiger partial charge in [-0.1, -0.05) is 0 Å². The molecule has 110 valence electrons. The number of carbonyl (C=O) groups is 1. The Labute approximate surface area is 122 Å². The first-order valence-corrected chi connectivity index (χ1v) is 6.66. The van der Waals surface area contributed by atoms with Gasteiger partial charge < -0.3 is 19.3 Å². The first-order chi connectivity index (χ1) is 10.0. The average Bonchev–Trinajstić information content (AvgIpc) is 2.44. The van der Waals surface area contributed by atoms with Crippen LogP contribution in [-0.4, -0.2) is 31.4 Å². The topological polar surface area (TPSA) is 65.0 Å². The normalized spacial score (nSPS) is 17.3. The number of benzene rings is 2. The highest BCUT2D eigenvalue weighted by Gasteiger charge is 2.29. The van der Waals surface area contributed by atoms with Gasteiger partial charge in [-0.25, -0.2) is 4.79 Å². The zero-order chi connectivity index (χ0) is 15.1. The van der Waals surface area contributed by atoms with Crippen molar-refractivity contribution in [2.75, 3.05) is 14.2 Å². The molecule has 1 aliphatic heterocycles. The quantitative estimate of drug-likeness (QED) is 0.861. The fourth-order valence-electron chi connectivity index (χ4n) is 2.78. The van der Waals surface area contributed by atoms with E-state index in [1.54, 1.807) is 13.2 Å². The summed E-state index contributed by atoms with van der Waals surface area (Å²) in [6, 6.07) is 5.36. The SMILES string of the molecule is COc1cc(OC)c2c(O)c3c(cc2c1)CC(C)OC3=O. The minimum Gasteiger partial charge on any atom is -0.506 e. The number of aromatic hydroxyl groups is 1. The van der Waals surface area contributed by atoms with Crippen molar-refractivity contribution in [1.29, 1.82) is 0 Å². The van der Waals surface area contributed by atoms with Gasteiger partial charge in [-0.2, -0.15) is 0 Å². The summed E-state index contributed by atoms with van der Waals surface area (Å²) in [4.78, 5) is 12.0. The Morgan fingerprint density at radius 1 is 1.24 bits per heavy atom. The fourth-order valence-corrected chi connectivity index (χ4v) is 2.78. The second kappa shape index (κ2) is 4.84. The second-order valence-electron chi connectivity index (χ2n) is 5.11. The van der Waals surface area contributed by atoms with Crippen molar-refractivity contribution >= 4 is 16.7 Å². The van der Waals surface area contributed by atoms with Crippen LogP contribution in [-0.2, 0) is 11.2 Å². The van der Waals surface area contributed by atoms with Crippen molar-refractivity contribution in [3.63, 3.8) is 0 Å². The van der Waals surface area contributed by atoms with Gasteiger partial charge in [-0.05, 0) is 30.0 Å². The summed E-state index contributed by atoms with van der Waals surface area (Å²) in [5, 5.41) is 11.8. The predicted octanol–water partition coefficient (Wildman–Crippen LogP) is 2.66. The zero-order valence-electron chi connectivity index (χ0n) is 12.1. The Hall–Kier alpha value is -2.43. The lowest BCUT2D eigenvalue weighted by Gasteiger charge is -2.23. The largest absolute Gasteiger partial charge is 0.506 e. The highest BCUT2D eigenvalue weighted by Crippen LogP contribution is 2.42. The summed E-state index contributed by atoms with van der Waals surface area (Å²) in [7, 11) is 3.08. The monoisotopic (exact) mass is 288 g/mol. The molecule has 21 heavy (non-hydrogen) atoms. The molecular formula is C16H16O5. The van der Waals surface area contributed by atoms with E-state index >= 15 is 0 Å². The highest BCUT2D eigenvalue weighted by molar-refractivity contribution is 6.06. The fraction of sp³-hybridized carbons (Fsp3) is 0.312. The molecule has 0 aromatic heterocycles. The van der Waals surface area contributed by atoms with Crippen molar-refractivity contribution in [3.8, 4) is 17.2 Å². The van der Waals surface area contributed by atoms with Crippen LogP contribution in [0, 0.1) is 0 Å². The molecule has 0 saturated carbocycles. The van der Waals surface area contributed by atoms with Gasteiger partial charge in [0.2, 0.25) is 0 Å². The van der Waals surface area contributed by atoms with Crippen LogP contribution in [0.3, 0.4) is 0 Å². The van der Waals surface area contributed by atoms with Crippen molar-refractivity contribution in [2.24, 2.45) is 0 Å². The number of ether oxygens (including phenoxy) is 3. The lowest BCUT2D eigenvalue weighted by molar-refractivity contribution is 0.0298. The molecule has 0 saturated heterocycles. The highest BCUT2D eigenvalue weighted by atomic mass is 16.5. The molecule has 2 aromatic rings. The minimum atomic E-state index is -0.499. The second-order valence-corrected chi connectivity index (χ2v) is 5.11. The molecule has 2 aromatic carbocycles. The Balaban J connectivity index is 2.36. The van der Waals surface area contributed by atoms with Crippen LogP contribution in [0.15, 0.2) is 18.2 Å². The Kier molecular flexibility index (Phi) is 3.12. The maximum atomic E-state index is 12.0. The summed E-state index contributed by atoms with van der Waals surface area (Å²) < 4.78 is 15.7. The molecular weight excluding hydrogens is 272 g/mol. The van der Waals surface area contributed by atoms with Gasteiger partial charge in [0.1, 0.15) is 28.9 Å². The maximum absolute atomic E-state index is 12.0. The lowest BCUT2D eigenvalue weighted by atomic mass is 9.93. The average molecular weight is 288 g/mol. The Morgan fingerprint density at radius 3 is 2.67 bits per heavy atom. The Bertz CT molecular complexity index is 735. The number of hydrogen-bond acceptors (Lipinski definition) is 5. The predicted molar refractivity (Wildman–Crippen MR) is 77.3 cm³/mol. The van der Waals surface area contributed by atoms with Crippen LogP contribution in [0.5, 0.6) is 17.2 Å². The minimum absolute atomic E-state index is 0.0982. The smallest absolute Gasteiger partial charge is 0.342 e. The maximum Gasteiger partial charge on any atom is 0.342 e. The van der Waals surface area contributed by atoms with E-state index < -0.39 is 5.97 Å². The molecule has 0 amide bonds. The number of hydrogen-bond donors (Lipinski definition) is 1. The van der Waals surface area contributed by atoms with Gasteiger partial charge in [0.25, 0.3) is 0 Å². The van der Waals surface area contributed by atoms with Crippen molar-refractivity contribution < 1.29 is 24.1 Å². The number of carbonyl (C=O) groups excluding carboxylic acids is 1. The van der Waals surface area contributed by atoms with Gasteiger partial charge in [0, 0.05) is 12.5 Å². The molecule has 0 bridgehead atoms. The van der Waals surface area contributed by atoms with E-state index in [4.69, 9.17) is 14.2 Å². The van der Waals surface area contributed by atoms with E-state index in [9.17, 15) is 9.90 Å². The van der Waals surface area contributed by atoms with E-state index in [0.717, 1.165) is 10.9 Å². The van der Waals surface area contributed by atoms with E-state index in [2.05, 4.69) is 0 Å². The first-order valence-electron chi connectivity index (χ1n) is 6.66. The molecule has 1 N–H and O–H groups in total. The summed E-state index contributed by atoms with van der Waals surface area (Å²) >= 11 is 0. The number of phenolic OH excluding ortho intramolecular Hbond substituents is 1. The molecule has 0 fully saturated rings. The Morgan fingerprint density at radius 2 is 2.00 bits per heavy atom. The van der Waals surface area contributed by atoms with Gasteiger partial charge in [0.15, 0.2) is 0 Å². The molecule has 0 spiro atoms. The lowest BCUT2D eigenvalue weighted by Crippen LogP contribution is -2.25. The molecule has 5 nitrogen and oxygen atoms in total. The van der Waals surface area contributed by atoms with E-state index in [-0.39, 0.29) is 17.4 Å². The molecule has 3 rings (SSSR count). The van der Waals surface area contributed by atoms with Crippen molar-refractivity contribution in [2.45, 2.75) is 19.4 Å². The number of cyclic esters (lactones) is 1. The third kappa shape index (κ3) is 2.05. The third-order valence-corrected chi connectivity index (χ3v) is 3.71. The van der Waals surface area contributed by atoms with E-state index in [1.807, 2.05) is 19.1 Å². The van der Waals surface area contributed by atoms with Crippen LogP contribution in [0.2, 0.25) is 0 Å². The van der Waals surface area contributed by atoms with Crippen molar-refractivity contribution in [3.05, 3.63) is 29.3 Å². The molecule has 0 radical (unpaired) electrons. The number of esters is 1. The molecule has 1 atom stereocenters. The van der Waals surface area contributed by atoms with Crippen molar-refractivity contribution in [1.82, 2.24) is 0 Å². The van der Waals surface area contributed by atoms with Crippen LogP contribution in [0.25, 0.3) is 10.8 Å². The van der Waals surface area contributed by atoms with Gasteiger partial charge >= 0.3 is 5.97 Å². The van der Waals surface area contributed by atoms with E-state index in [0.29, 0.717) is 23.3 Å². The summed E-state index contributed by atoms with van der Waals surface area (Å²) in [5.74, 6) is 0.487. The third-order valence-electron chi connectivity index (χ3n) is 3.71. The number of phenols is 1. The number of fused-ring (bicyclic) bond motifs is 2. The van der Waals surface area contributed by atoms with Crippen LogP contribution in [0.4, 0.5) is 0 Å². The summed E-state index contributed by atoms with van der Waals surface area (Å²) in [6.45, 7) is 1.83. The van der Waals surface area contributed by atoms with Crippen LogP contribution in [0.1, 0.15) is 22.8 Å². The summed E-state index contributed by atoms with van der Waals surface area (Å²) in [6.07, 6.45) is 0.374. The van der Waals surface area contributed by atoms with Crippen LogP contribution >= 0.6 is 0 Å². The first kappa shape index (κ1) is 13.5. The number of methoxy groups -OCH3 is 2. The van der Waals surface area contributed by atoms with Crippen LogP contribution < -0.4 is 9.47 Å². The molecule has 1 aliphatic rings. The molecule has 1 unspecified atom stereocenters.